The summed E-state index contributed by atoms with van der Waals surface area (Å²) in [5.41, 5.74) is 2.20. The number of hydrogen-bond acceptors (Lipinski definition) is 4. The van der Waals surface area contributed by atoms with E-state index in [1.165, 1.54) is 12.1 Å². The number of aromatic nitrogens is 4. The summed E-state index contributed by atoms with van der Waals surface area (Å²) in [7, 11) is 6.08. The van der Waals surface area contributed by atoms with Gasteiger partial charge in [-0.15, -0.1) is 0 Å². The minimum Gasteiger partial charge on any atom is -0.327 e. The zero-order valence-corrected chi connectivity index (χ0v) is 16.3. The van der Waals surface area contributed by atoms with Crippen molar-refractivity contribution in [2.45, 2.75) is 12.6 Å². The van der Waals surface area contributed by atoms with Crippen LogP contribution in [0, 0.1) is 11.6 Å². The van der Waals surface area contributed by atoms with Crippen molar-refractivity contribution in [1.82, 2.24) is 29.1 Å². The molecule has 0 radical (unpaired) electrons. The van der Waals surface area contributed by atoms with Gasteiger partial charge in [0.15, 0.2) is 0 Å². The lowest BCUT2D eigenvalue weighted by Crippen LogP contribution is -2.51. The van der Waals surface area contributed by atoms with E-state index in [1.54, 1.807) is 11.0 Å². The summed E-state index contributed by atoms with van der Waals surface area (Å²) in [6.07, 6.45) is 3.57. The Morgan fingerprint density at radius 1 is 1.11 bits per heavy atom. The smallest absolute Gasteiger partial charge is 0.135 e. The summed E-state index contributed by atoms with van der Waals surface area (Å²) in [5, 5.41) is 4.51. The molecule has 8 heteroatoms. The van der Waals surface area contributed by atoms with Crippen LogP contribution < -0.4 is 0 Å². The van der Waals surface area contributed by atoms with Crippen molar-refractivity contribution in [2.24, 2.45) is 7.05 Å². The molecule has 1 fully saturated rings. The molecule has 1 unspecified atom stereocenters. The fraction of sp³-hybridized carbons (Fsp3) is 0.400. The predicted molar refractivity (Wildman–Crippen MR) is 104 cm³/mol. The Morgan fingerprint density at radius 3 is 2.64 bits per heavy atom. The van der Waals surface area contributed by atoms with Gasteiger partial charge in [-0.1, -0.05) is 0 Å². The van der Waals surface area contributed by atoms with Gasteiger partial charge < -0.3 is 9.47 Å². The molecule has 1 saturated heterocycles. The minimum atomic E-state index is -0.628. The Labute approximate surface area is 163 Å². The van der Waals surface area contributed by atoms with Crippen LogP contribution in [0.3, 0.4) is 0 Å². The molecule has 0 N–H and O–H groups in total. The van der Waals surface area contributed by atoms with Crippen molar-refractivity contribution in [3.63, 3.8) is 0 Å². The van der Waals surface area contributed by atoms with Crippen LogP contribution in [0.15, 0.2) is 36.8 Å². The lowest BCUT2D eigenvalue weighted by molar-refractivity contribution is 0.103. The normalized spacial score (nSPS) is 18.7. The van der Waals surface area contributed by atoms with Crippen molar-refractivity contribution in [3.05, 3.63) is 48.4 Å². The quantitative estimate of drug-likeness (QED) is 0.691. The Hall–Kier alpha value is -2.58. The molecule has 28 heavy (non-hydrogen) atoms. The van der Waals surface area contributed by atoms with Crippen LogP contribution in [0.2, 0.25) is 0 Å². The summed E-state index contributed by atoms with van der Waals surface area (Å²) < 4.78 is 31.6. The lowest BCUT2D eigenvalue weighted by Gasteiger charge is -2.38. The first kappa shape index (κ1) is 18.8. The highest BCUT2D eigenvalue weighted by Crippen LogP contribution is 2.32. The number of rotatable bonds is 4. The number of imidazole rings is 1. The van der Waals surface area contributed by atoms with Gasteiger partial charge in [-0.2, -0.15) is 5.10 Å². The number of piperazine rings is 1. The molecule has 1 aromatic carbocycles. The number of nitrogens with zero attached hydrogens (tertiary/aromatic N) is 6. The van der Waals surface area contributed by atoms with Crippen molar-refractivity contribution in [1.29, 1.82) is 0 Å². The van der Waals surface area contributed by atoms with Gasteiger partial charge in [0, 0.05) is 57.1 Å². The van der Waals surface area contributed by atoms with Gasteiger partial charge in [0.25, 0.3) is 0 Å². The van der Waals surface area contributed by atoms with Crippen LogP contribution in [0.4, 0.5) is 8.78 Å². The van der Waals surface area contributed by atoms with Crippen LogP contribution in [-0.2, 0) is 13.6 Å². The van der Waals surface area contributed by atoms with E-state index in [-0.39, 0.29) is 5.56 Å². The maximum absolute atomic E-state index is 14.5. The average molecular weight is 386 g/mol. The zero-order valence-electron chi connectivity index (χ0n) is 16.3. The van der Waals surface area contributed by atoms with E-state index in [2.05, 4.69) is 34.0 Å². The van der Waals surface area contributed by atoms with Crippen LogP contribution in [0.25, 0.3) is 22.6 Å². The third-order valence-electron chi connectivity index (χ3n) is 5.37. The van der Waals surface area contributed by atoms with Gasteiger partial charge >= 0.3 is 0 Å². The third-order valence-corrected chi connectivity index (χ3v) is 5.37. The Bertz CT molecular complexity index is 979. The molecule has 2 aromatic heterocycles. The number of hydrogen-bond donors (Lipinski definition) is 0. The van der Waals surface area contributed by atoms with Gasteiger partial charge in [-0.05, 0) is 32.3 Å². The maximum atomic E-state index is 14.5. The highest BCUT2D eigenvalue weighted by Gasteiger charge is 2.26. The number of benzene rings is 1. The Kier molecular flexibility index (Phi) is 4.99. The van der Waals surface area contributed by atoms with Gasteiger partial charge in [0.2, 0.25) is 0 Å². The molecule has 0 saturated carbocycles. The molecule has 6 nitrogen and oxygen atoms in total. The summed E-state index contributed by atoms with van der Waals surface area (Å²) in [4.78, 5) is 9.13. The molecule has 1 atom stereocenters. The summed E-state index contributed by atoms with van der Waals surface area (Å²) in [6, 6.07) is 5.77. The van der Waals surface area contributed by atoms with E-state index in [9.17, 15) is 8.78 Å². The van der Waals surface area contributed by atoms with Crippen molar-refractivity contribution < 1.29 is 8.78 Å². The van der Waals surface area contributed by atoms with Crippen LogP contribution in [-0.4, -0.2) is 68.9 Å². The van der Waals surface area contributed by atoms with Crippen LogP contribution >= 0.6 is 0 Å². The van der Waals surface area contributed by atoms with Crippen molar-refractivity contribution >= 4 is 0 Å². The van der Waals surface area contributed by atoms with Gasteiger partial charge in [-0.3, -0.25) is 9.58 Å². The fourth-order valence-electron chi connectivity index (χ4n) is 3.73. The first-order valence-electron chi connectivity index (χ1n) is 9.31. The molecule has 0 spiro atoms. The van der Waals surface area contributed by atoms with E-state index < -0.39 is 11.6 Å². The van der Waals surface area contributed by atoms with Gasteiger partial charge in [-0.25, -0.2) is 13.8 Å². The van der Waals surface area contributed by atoms with Crippen LogP contribution in [0.5, 0.6) is 0 Å². The largest absolute Gasteiger partial charge is 0.327 e. The lowest BCUT2D eigenvalue weighted by atomic mass is 10.1. The van der Waals surface area contributed by atoms with Gasteiger partial charge in [0.1, 0.15) is 23.0 Å². The van der Waals surface area contributed by atoms with Crippen molar-refractivity contribution in [2.75, 3.05) is 33.7 Å². The summed E-state index contributed by atoms with van der Waals surface area (Å²) >= 11 is 0. The third kappa shape index (κ3) is 3.57. The van der Waals surface area contributed by atoms with E-state index in [0.717, 1.165) is 31.4 Å². The molecule has 0 amide bonds. The zero-order chi connectivity index (χ0) is 19.8. The SMILES string of the molecule is CN1CCN(C)C(Cn2cnc(-c3ccc(F)cc3F)c2-c2ccn(C)n2)C1. The maximum Gasteiger partial charge on any atom is 0.135 e. The topological polar surface area (TPSA) is 42.1 Å². The summed E-state index contributed by atoms with van der Waals surface area (Å²) in [5.74, 6) is -1.23. The predicted octanol–water partition coefficient (Wildman–Crippen LogP) is 2.47. The number of halogens is 2. The average Bonchev–Trinajstić information content (AvgIpc) is 3.24. The van der Waals surface area contributed by atoms with E-state index in [1.807, 2.05) is 23.9 Å². The first-order chi connectivity index (χ1) is 13.4. The highest BCUT2D eigenvalue weighted by molar-refractivity contribution is 5.77. The second-order valence-corrected chi connectivity index (χ2v) is 7.49. The number of aryl methyl sites for hydroxylation is 1. The number of likely N-dealkylation sites (N-methyl/N-ethyl adjacent to an activating group) is 2. The van der Waals surface area contributed by atoms with Crippen molar-refractivity contribution in [3.8, 4) is 22.6 Å². The molecule has 0 aliphatic carbocycles. The standard InChI is InChI=1S/C20H24F2N6/c1-25-8-9-26(2)15(11-25)12-28-13-23-19(16-5-4-14(21)10-17(16)22)20(28)18-6-7-27(3)24-18/h4-7,10,13,15H,8-9,11-12H2,1-3H3. The fourth-order valence-corrected chi connectivity index (χ4v) is 3.73. The van der Waals surface area contributed by atoms with E-state index in [0.29, 0.717) is 24.0 Å². The van der Waals surface area contributed by atoms with E-state index >= 15 is 0 Å². The molecule has 3 aromatic rings. The highest BCUT2D eigenvalue weighted by atomic mass is 19.1. The Morgan fingerprint density at radius 2 is 1.93 bits per heavy atom. The van der Waals surface area contributed by atoms with Gasteiger partial charge in [0.05, 0.1) is 12.0 Å². The molecule has 0 bridgehead atoms. The molecule has 148 valence electrons. The first-order valence-corrected chi connectivity index (χ1v) is 9.31. The monoisotopic (exact) mass is 386 g/mol. The molecule has 4 rings (SSSR count). The Balaban J connectivity index is 1.78. The molecular weight excluding hydrogens is 362 g/mol. The van der Waals surface area contributed by atoms with Crippen LogP contribution in [0.1, 0.15) is 0 Å². The molecular formula is C20H24F2N6. The molecule has 1 aliphatic heterocycles. The summed E-state index contributed by atoms with van der Waals surface area (Å²) in [6.45, 7) is 3.68. The second kappa shape index (κ2) is 7.44. The molecule has 3 heterocycles. The minimum absolute atomic E-state index is 0.273. The second-order valence-electron chi connectivity index (χ2n) is 7.49. The van der Waals surface area contributed by atoms with E-state index in [4.69, 9.17) is 0 Å². The molecule has 1 aliphatic rings.